The molecule has 38 heavy (non-hydrogen) atoms. The van der Waals surface area contributed by atoms with Crippen LogP contribution in [0.15, 0.2) is 60.4 Å². The molecule has 4 aromatic heterocycles. The topological polar surface area (TPSA) is 92.5 Å². The Balaban J connectivity index is 1.27. The van der Waals surface area contributed by atoms with Crippen LogP contribution in [0, 0.1) is 6.92 Å². The zero-order chi connectivity index (χ0) is 26.2. The van der Waals surface area contributed by atoms with Gasteiger partial charge in [-0.3, -0.25) is 19.0 Å². The van der Waals surface area contributed by atoms with Gasteiger partial charge in [0.25, 0.3) is 11.8 Å². The maximum absolute atomic E-state index is 13.9. The summed E-state index contributed by atoms with van der Waals surface area (Å²) in [4.78, 5) is 43.8. The number of nitrogens with one attached hydrogen (secondary N) is 1. The van der Waals surface area contributed by atoms with Crippen molar-refractivity contribution in [2.75, 3.05) is 13.1 Å². The number of aromatic nitrogens is 4. The SMILES string of the molecule is Cc1nc2sccn2c1C(=O)NC[C@@H]1CCCN1C(=O)c1nc(-c2ccncc2)sc1-c1cccc(Cl)c1. The molecule has 11 heteroatoms. The molecule has 192 valence electrons. The Labute approximate surface area is 232 Å². The average molecular weight is 563 g/mol. The van der Waals surface area contributed by atoms with Crippen LogP contribution in [0.5, 0.6) is 0 Å². The maximum Gasteiger partial charge on any atom is 0.274 e. The van der Waals surface area contributed by atoms with E-state index >= 15 is 0 Å². The second-order valence-electron chi connectivity index (χ2n) is 9.05. The zero-order valence-electron chi connectivity index (χ0n) is 20.4. The standard InChI is InChI=1S/C27H23ClN6O2S2/c1-16-22(34-12-13-37-27(34)31-16)24(35)30-15-20-6-3-11-33(20)26(36)21-23(18-4-2-5-19(28)14-18)38-25(32-21)17-7-9-29-10-8-17/h2,4-5,7-10,12-14,20H,3,6,11,15H2,1H3,(H,30,35)/t20-/m0/s1. The molecule has 2 amide bonds. The molecule has 8 nitrogen and oxygen atoms in total. The molecule has 0 aliphatic carbocycles. The molecule has 6 rings (SSSR count). The van der Waals surface area contributed by atoms with Gasteiger partial charge in [0.15, 0.2) is 4.96 Å². The van der Waals surface area contributed by atoms with Gasteiger partial charge in [0.2, 0.25) is 0 Å². The molecule has 1 aliphatic heterocycles. The highest BCUT2D eigenvalue weighted by molar-refractivity contribution is 7.18. The summed E-state index contributed by atoms with van der Waals surface area (Å²) < 4.78 is 1.81. The monoisotopic (exact) mass is 562 g/mol. The van der Waals surface area contributed by atoms with E-state index in [0.717, 1.165) is 38.8 Å². The number of nitrogens with zero attached hydrogens (tertiary/aromatic N) is 5. The highest BCUT2D eigenvalue weighted by atomic mass is 35.5. The molecule has 5 heterocycles. The van der Waals surface area contributed by atoms with Crippen LogP contribution in [0.1, 0.15) is 39.5 Å². The van der Waals surface area contributed by atoms with Crippen molar-refractivity contribution in [1.82, 2.24) is 29.6 Å². The van der Waals surface area contributed by atoms with Crippen molar-refractivity contribution in [3.63, 3.8) is 0 Å². The fraction of sp³-hybridized carbons (Fsp3) is 0.222. The normalized spacial score (nSPS) is 15.3. The number of hydrogen-bond donors (Lipinski definition) is 1. The van der Waals surface area contributed by atoms with E-state index in [0.29, 0.717) is 35.2 Å². The first-order valence-corrected chi connectivity index (χ1v) is 14.3. The second-order valence-corrected chi connectivity index (χ2v) is 11.4. The molecule has 1 aromatic carbocycles. The summed E-state index contributed by atoms with van der Waals surface area (Å²) in [5.74, 6) is -0.338. The Morgan fingerprint density at radius 3 is 2.82 bits per heavy atom. The van der Waals surface area contributed by atoms with Gasteiger partial charge in [-0.05, 0) is 49.6 Å². The summed E-state index contributed by atoms with van der Waals surface area (Å²) in [5.41, 5.74) is 3.36. The number of carbonyl (C=O) groups excluding carboxylic acids is 2. The molecular weight excluding hydrogens is 540 g/mol. The zero-order valence-corrected chi connectivity index (χ0v) is 22.8. The van der Waals surface area contributed by atoms with E-state index in [1.54, 1.807) is 16.8 Å². The number of benzene rings is 1. The van der Waals surface area contributed by atoms with Crippen LogP contribution < -0.4 is 5.32 Å². The Bertz CT molecular complexity index is 1640. The van der Waals surface area contributed by atoms with Gasteiger partial charge in [0.05, 0.1) is 10.6 Å². The number of rotatable bonds is 6. The van der Waals surface area contributed by atoms with E-state index in [9.17, 15) is 9.59 Å². The summed E-state index contributed by atoms with van der Waals surface area (Å²) in [6.07, 6.45) is 6.94. The van der Waals surface area contributed by atoms with Crippen LogP contribution in [0.2, 0.25) is 5.02 Å². The predicted octanol–water partition coefficient (Wildman–Crippen LogP) is 5.58. The molecule has 0 saturated carbocycles. The van der Waals surface area contributed by atoms with Crippen molar-refractivity contribution in [2.24, 2.45) is 0 Å². The lowest BCUT2D eigenvalue weighted by atomic mass is 10.1. The summed E-state index contributed by atoms with van der Waals surface area (Å²) in [5, 5.41) is 6.28. The van der Waals surface area contributed by atoms with Crippen molar-refractivity contribution in [1.29, 1.82) is 0 Å². The third-order valence-electron chi connectivity index (χ3n) is 6.63. The first-order chi connectivity index (χ1) is 18.5. The molecule has 0 unspecified atom stereocenters. The average Bonchev–Trinajstić information content (AvgIpc) is 3.71. The minimum absolute atomic E-state index is 0.129. The summed E-state index contributed by atoms with van der Waals surface area (Å²) in [6, 6.07) is 11.1. The van der Waals surface area contributed by atoms with E-state index in [1.807, 2.05) is 59.8 Å². The molecular formula is C27H23ClN6O2S2. The lowest BCUT2D eigenvalue weighted by Crippen LogP contribution is -2.43. The van der Waals surface area contributed by atoms with Gasteiger partial charge in [-0.1, -0.05) is 23.7 Å². The van der Waals surface area contributed by atoms with Gasteiger partial charge >= 0.3 is 0 Å². The van der Waals surface area contributed by atoms with Crippen molar-refractivity contribution >= 4 is 51.0 Å². The number of hydrogen-bond acceptors (Lipinski definition) is 7. The third-order valence-corrected chi connectivity index (χ3v) is 8.78. The Kier molecular flexibility index (Phi) is 6.69. The fourth-order valence-corrected chi connectivity index (χ4v) is 6.83. The molecule has 1 fully saturated rings. The number of aryl methyl sites for hydroxylation is 1. The third kappa shape index (κ3) is 4.59. The van der Waals surface area contributed by atoms with Crippen LogP contribution in [0.3, 0.4) is 0 Å². The summed E-state index contributed by atoms with van der Waals surface area (Å²) in [7, 11) is 0. The van der Waals surface area contributed by atoms with E-state index in [1.165, 1.54) is 22.7 Å². The number of carbonyl (C=O) groups is 2. The first kappa shape index (κ1) is 24.7. The largest absolute Gasteiger partial charge is 0.349 e. The fourth-order valence-electron chi connectivity index (χ4n) is 4.82. The van der Waals surface area contributed by atoms with Crippen molar-refractivity contribution in [3.8, 4) is 21.0 Å². The van der Waals surface area contributed by atoms with Gasteiger partial charge in [-0.2, -0.15) is 0 Å². The van der Waals surface area contributed by atoms with Crippen LogP contribution in [0.4, 0.5) is 0 Å². The maximum atomic E-state index is 13.9. The number of halogens is 1. The van der Waals surface area contributed by atoms with Crippen LogP contribution in [-0.2, 0) is 0 Å². The van der Waals surface area contributed by atoms with Crippen molar-refractivity contribution < 1.29 is 9.59 Å². The van der Waals surface area contributed by atoms with Gasteiger partial charge in [0.1, 0.15) is 16.4 Å². The van der Waals surface area contributed by atoms with Crippen LogP contribution >= 0.6 is 34.3 Å². The number of likely N-dealkylation sites (tertiary alicyclic amines) is 1. The highest BCUT2D eigenvalue weighted by Crippen LogP contribution is 2.37. The molecule has 0 spiro atoms. The lowest BCUT2D eigenvalue weighted by molar-refractivity contribution is 0.0720. The van der Waals surface area contributed by atoms with Crippen molar-refractivity contribution in [3.05, 3.63) is 82.5 Å². The van der Waals surface area contributed by atoms with E-state index in [-0.39, 0.29) is 17.9 Å². The predicted molar refractivity (Wildman–Crippen MR) is 150 cm³/mol. The van der Waals surface area contributed by atoms with Crippen LogP contribution in [0.25, 0.3) is 26.0 Å². The smallest absolute Gasteiger partial charge is 0.274 e. The number of thiazole rings is 2. The molecule has 1 aliphatic rings. The van der Waals surface area contributed by atoms with Gasteiger partial charge in [0, 0.05) is 53.7 Å². The van der Waals surface area contributed by atoms with Gasteiger partial charge in [-0.25, -0.2) is 9.97 Å². The summed E-state index contributed by atoms with van der Waals surface area (Å²) >= 11 is 9.24. The van der Waals surface area contributed by atoms with Crippen LogP contribution in [-0.4, -0.2) is 55.2 Å². The second kappa shape index (κ2) is 10.3. The quantitative estimate of drug-likeness (QED) is 0.292. The molecule has 1 saturated heterocycles. The number of imidazole rings is 1. The van der Waals surface area contributed by atoms with E-state index < -0.39 is 0 Å². The lowest BCUT2D eigenvalue weighted by Gasteiger charge is -2.24. The van der Waals surface area contributed by atoms with Gasteiger partial charge < -0.3 is 10.2 Å². The first-order valence-electron chi connectivity index (χ1n) is 12.2. The summed E-state index contributed by atoms with van der Waals surface area (Å²) in [6.45, 7) is 2.80. The molecule has 1 N–H and O–H groups in total. The minimum atomic E-state index is -0.194. The number of fused-ring (bicyclic) bond motifs is 1. The van der Waals surface area contributed by atoms with E-state index in [4.69, 9.17) is 16.6 Å². The Hall–Kier alpha value is -3.60. The van der Waals surface area contributed by atoms with Gasteiger partial charge in [-0.15, -0.1) is 22.7 Å². The Morgan fingerprint density at radius 1 is 1.16 bits per heavy atom. The van der Waals surface area contributed by atoms with E-state index in [2.05, 4.69) is 15.3 Å². The number of pyridine rings is 1. The molecule has 0 radical (unpaired) electrons. The molecule has 5 aromatic rings. The van der Waals surface area contributed by atoms with Crippen molar-refractivity contribution in [2.45, 2.75) is 25.8 Å². The minimum Gasteiger partial charge on any atom is -0.349 e. The number of amides is 2. The Morgan fingerprint density at radius 2 is 2.00 bits per heavy atom. The molecule has 0 bridgehead atoms. The molecule has 1 atom stereocenters. The highest BCUT2D eigenvalue weighted by Gasteiger charge is 2.33.